The third-order valence-electron chi connectivity index (χ3n) is 3.78. The van der Waals surface area contributed by atoms with Crippen LogP contribution in [0, 0.1) is 0 Å². The summed E-state index contributed by atoms with van der Waals surface area (Å²) in [5.74, 6) is 0.871. The van der Waals surface area contributed by atoms with Gasteiger partial charge >= 0.3 is 0 Å². The molecular formula is C17H18ClNO2. The van der Waals surface area contributed by atoms with E-state index in [0.29, 0.717) is 6.54 Å². The zero-order chi connectivity index (χ0) is 14.7. The van der Waals surface area contributed by atoms with Crippen LogP contribution in [0.4, 0.5) is 0 Å². The monoisotopic (exact) mass is 303 g/mol. The summed E-state index contributed by atoms with van der Waals surface area (Å²) in [5, 5.41) is 2.80. The lowest BCUT2D eigenvalue weighted by atomic mass is 10.0. The molecule has 110 valence electrons. The van der Waals surface area contributed by atoms with Crippen molar-refractivity contribution in [3.8, 4) is 5.75 Å². The molecule has 0 radical (unpaired) electrons. The molecule has 1 atom stereocenters. The molecular weight excluding hydrogens is 286 g/mol. The highest BCUT2D eigenvalue weighted by atomic mass is 35.5. The number of benzene rings is 2. The highest BCUT2D eigenvalue weighted by Gasteiger charge is 2.27. The van der Waals surface area contributed by atoms with Crippen LogP contribution in [-0.4, -0.2) is 18.8 Å². The molecule has 1 fully saturated rings. The van der Waals surface area contributed by atoms with Crippen LogP contribution in [-0.2, 0) is 11.4 Å². The van der Waals surface area contributed by atoms with Crippen molar-refractivity contribution in [2.75, 3.05) is 13.7 Å². The van der Waals surface area contributed by atoms with Crippen LogP contribution in [0.5, 0.6) is 5.75 Å². The van der Waals surface area contributed by atoms with Crippen molar-refractivity contribution >= 4 is 11.6 Å². The highest BCUT2D eigenvalue weighted by molar-refractivity contribution is 6.31. The number of rotatable bonds is 4. The van der Waals surface area contributed by atoms with E-state index in [1.54, 1.807) is 7.11 Å². The first-order valence-corrected chi connectivity index (χ1v) is 7.42. The van der Waals surface area contributed by atoms with E-state index >= 15 is 0 Å². The van der Waals surface area contributed by atoms with Crippen molar-refractivity contribution in [3.63, 3.8) is 0 Å². The molecule has 2 aromatic rings. The Bertz CT molecular complexity index is 600. The third kappa shape index (κ3) is 3.21. The molecule has 3 rings (SSSR count). The highest BCUT2D eigenvalue weighted by Crippen LogP contribution is 2.33. The van der Waals surface area contributed by atoms with Crippen LogP contribution >= 0.6 is 11.6 Å². The van der Waals surface area contributed by atoms with Gasteiger partial charge in [-0.05, 0) is 35.7 Å². The van der Waals surface area contributed by atoms with Crippen molar-refractivity contribution in [3.05, 3.63) is 64.7 Å². The van der Waals surface area contributed by atoms with Crippen molar-refractivity contribution < 1.29 is 9.57 Å². The molecule has 2 aromatic carbocycles. The molecule has 1 heterocycles. The fourth-order valence-corrected chi connectivity index (χ4v) is 2.82. The van der Waals surface area contributed by atoms with E-state index in [1.807, 2.05) is 41.5 Å². The van der Waals surface area contributed by atoms with Crippen molar-refractivity contribution in [1.82, 2.24) is 5.06 Å². The number of methoxy groups -OCH3 is 1. The Morgan fingerprint density at radius 3 is 2.67 bits per heavy atom. The Labute approximate surface area is 130 Å². The summed E-state index contributed by atoms with van der Waals surface area (Å²) < 4.78 is 5.21. The minimum absolute atomic E-state index is 0.257. The van der Waals surface area contributed by atoms with E-state index in [4.69, 9.17) is 21.2 Å². The Hall–Kier alpha value is -1.55. The second-order valence-electron chi connectivity index (χ2n) is 5.08. The number of halogens is 1. The molecule has 21 heavy (non-hydrogen) atoms. The Morgan fingerprint density at radius 2 is 1.95 bits per heavy atom. The lowest BCUT2D eigenvalue weighted by Crippen LogP contribution is -2.21. The summed E-state index contributed by atoms with van der Waals surface area (Å²) in [4.78, 5) is 5.78. The summed E-state index contributed by atoms with van der Waals surface area (Å²) in [6.45, 7) is 1.43. The molecule has 0 saturated carbocycles. The first-order valence-electron chi connectivity index (χ1n) is 7.05. The largest absolute Gasteiger partial charge is 0.497 e. The maximum Gasteiger partial charge on any atom is 0.118 e. The van der Waals surface area contributed by atoms with Crippen molar-refractivity contribution in [2.24, 2.45) is 0 Å². The van der Waals surface area contributed by atoms with Crippen molar-refractivity contribution in [2.45, 2.75) is 19.0 Å². The standard InChI is InChI=1S/C17H18ClNO2/c1-20-15-8-6-13(7-9-15)17-10-11-21-19(17)12-14-4-2-3-5-16(14)18/h2-9,17H,10-12H2,1H3/t17-/m0/s1. The van der Waals surface area contributed by atoms with Gasteiger partial charge in [-0.3, -0.25) is 4.84 Å². The van der Waals surface area contributed by atoms with E-state index in [-0.39, 0.29) is 6.04 Å². The molecule has 3 nitrogen and oxygen atoms in total. The number of hydrogen-bond donors (Lipinski definition) is 0. The van der Waals surface area contributed by atoms with Crippen molar-refractivity contribution in [1.29, 1.82) is 0 Å². The van der Waals surface area contributed by atoms with E-state index in [9.17, 15) is 0 Å². The van der Waals surface area contributed by atoms with Gasteiger partial charge in [-0.15, -0.1) is 0 Å². The molecule has 1 aliphatic heterocycles. The average molecular weight is 304 g/mol. The van der Waals surface area contributed by atoms with Crippen LogP contribution in [0.2, 0.25) is 5.02 Å². The topological polar surface area (TPSA) is 21.7 Å². The molecule has 0 N–H and O–H groups in total. The summed E-state index contributed by atoms with van der Waals surface area (Å²) in [6.07, 6.45) is 0.983. The predicted molar refractivity (Wildman–Crippen MR) is 83.3 cm³/mol. The number of nitrogens with zero attached hydrogens (tertiary/aromatic N) is 1. The summed E-state index contributed by atoms with van der Waals surface area (Å²) in [7, 11) is 1.68. The smallest absolute Gasteiger partial charge is 0.118 e. The normalized spacial score (nSPS) is 18.9. The van der Waals surface area contributed by atoms with E-state index < -0.39 is 0 Å². The summed E-state index contributed by atoms with van der Waals surface area (Å²) in [6, 6.07) is 16.3. The fourth-order valence-electron chi connectivity index (χ4n) is 2.62. The molecule has 0 unspecified atom stereocenters. The zero-order valence-corrected chi connectivity index (χ0v) is 12.7. The SMILES string of the molecule is COc1ccc([C@@H]2CCON2Cc2ccccc2Cl)cc1. The van der Waals surface area contributed by atoms with Crippen LogP contribution in [0.15, 0.2) is 48.5 Å². The average Bonchev–Trinajstić information content (AvgIpc) is 2.98. The van der Waals surface area contributed by atoms with Gasteiger partial charge in [-0.1, -0.05) is 41.9 Å². The maximum atomic E-state index is 6.24. The van der Waals surface area contributed by atoms with E-state index in [2.05, 4.69) is 12.1 Å². The van der Waals surface area contributed by atoms with Gasteiger partial charge in [0.15, 0.2) is 0 Å². The van der Waals surface area contributed by atoms with Crippen LogP contribution in [0.3, 0.4) is 0 Å². The van der Waals surface area contributed by atoms with Gasteiger partial charge < -0.3 is 4.74 Å². The molecule has 1 aliphatic rings. The first kappa shape index (κ1) is 14.4. The number of hydroxylamine groups is 2. The maximum absolute atomic E-state index is 6.24. The lowest BCUT2D eigenvalue weighted by Gasteiger charge is -2.23. The summed E-state index contributed by atoms with van der Waals surface area (Å²) in [5.41, 5.74) is 2.32. The van der Waals surface area contributed by atoms with E-state index in [1.165, 1.54) is 5.56 Å². The molecule has 1 saturated heterocycles. The predicted octanol–water partition coefficient (Wildman–Crippen LogP) is 4.23. The number of hydrogen-bond acceptors (Lipinski definition) is 3. The first-order chi connectivity index (χ1) is 10.3. The second-order valence-corrected chi connectivity index (χ2v) is 5.48. The fraction of sp³-hybridized carbons (Fsp3) is 0.294. The molecule has 0 aliphatic carbocycles. The molecule has 0 amide bonds. The van der Waals surface area contributed by atoms with Gasteiger partial charge in [0.05, 0.1) is 26.3 Å². The molecule has 0 aromatic heterocycles. The molecule has 0 bridgehead atoms. The quantitative estimate of drug-likeness (QED) is 0.844. The number of ether oxygens (including phenoxy) is 1. The van der Waals surface area contributed by atoms with E-state index in [0.717, 1.165) is 29.4 Å². The van der Waals surface area contributed by atoms with Gasteiger partial charge in [0.2, 0.25) is 0 Å². The van der Waals surface area contributed by atoms with Gasteiger partial charge in [-0.25, -0.2) is 0 Å². The van der Waals surface area contributed by atoms with Gasteiger partial charge in [-0.2, -0.15) is 5.06 Å². The Morgan fingerprint density at radius 1 is 1.19 bits per heavy atom. The van der Waals surface area contributed by atoms with Gasteiger partial charge in [0.25, 0.3) is 0 Å². The van der Waals surface area contributed by atoms with Crippen LogP contribution in [0.25, 0.3) is 0 Å². The van der Waals surface area contributed by atoms with Gasteiger partial charge in [0.1, 0.15) is 5.75 Å². The lowest BCUT2D eigenvalue weighted by molar-refractivity contribution is -0.141. The summed E-state index contributed by atoms with van der Waals surface area (Å²) >= 11 is 6.24. The third-order valence-corrected chi connectivity index (χ3v) is 4.15. The van der Waals surface area contributed by atoms with Gasteiger partial charge in [0, 0.05) is 5.02 Å². The van der Waals surface area contributed by atoms with Crippen LogP contribution < -0.4 is 4.74 Å². The zero-order valence-electron chi connectivity index (χ0n) is 12.0. The Balaban J connectivity index is 1.77. The minimum Gasteiger partial charge on any atom is -0.497 e. The van der Waals surface area contributed by atoms with Crippen LogP contribution in [0.1, 0.15) is 23.6 Å². The molecule has 0 spiro atoms. The molecule has 4 heteroatoms. The second kappa shape index (κ2) is 6.48. The minimum atomic E-state index is 0.257. The Kier molecular flexibility index (Phi) is 4.44.